The normalized spacial score (nSPS) is 10.5. The summed E-state index contributed by atoms with van der Waals surface area (Å²) in [6.45, 7) is 3.69. The summed E-state index contributed by atoms with van der Waals surface area (Å²) in [5.41, 5.74) is 0.577. The smallest absolute Gasteiger partial charge is 0.374 e. The van der Waals surface area contributed by atoms with E-state index < -0.39 is 11.5 Å². The topological polar surface area (TPSA) is 84.9 Å². The van der Waals surface area contributed by atoms with Crippen molar-refractivity contribution in [1.29, 1.82) is 0 Å². The Hall–Kier alpha value is -2.24. The maximum Gasteiger partial charge on any atom is 0.374 e. The molecule has 2 heterocycles. The van der Waals surface area contributed by atoms with E-state index in [1.165, 1.54) is 0 Å². The molecule has 6 heteroatoms. The molecular weight excluding hydrogens is 222 g/mol. The van der Waals surface area contributed by atoms with Crippen LogP contribution in [0.15, 0.2) is 16.9 Å². The van der Waals surface area contributed by atoms with Crippen LogP contribution in [0.2, 0.25) is 0 Å². The third kappa shape index (κ3) is 2.15. The number of aryl methyl sites for hydroxylation is 1. The zero-order chi connectivity index (χ0) is 12.4. The molecule has 6 nitrogen and oxygen atoms in total. The molecular formula is C11H11N3O3. The highest BCUT2D eigenvalue weighted by Crippen LogP contribution is 2.05. The van der Waals surface area contributed by atoms with Gasteiger partial charge in [-0.2, -0.15) is 0 Å². The monoisotopic (exact) mass is 233 g/mol. The number of nitrogens with zero attached hydrogens (tertiary/aromatic N) is 2. The molecule has 0 aliphatic rings. The molecule has 17 heavy (non-hydrogen) atoms. The number of hydrogen-bond donors (Lipinski definition) is 1. The zero-order valence-corrected chi connectivity index (χ0v) is 9.48. The Kier molecular flexibility index (Phi) is 2.86. The Morgan fingerprint density at radius 3 is 2.88 bits per heavy atom. The largest absolute Gasteiger partial charge is 0.460 e. The molecule has 0 radical (unpaired) electrons. The summed E-state index contributed by atoms with van der Waals surface area (Å²) in [5.74, 6) is -0.780. The second-order valence-corrected chi connectivity index (χ2v) is 3.46. The first-order valence-electron chi connectivity index (χ1n) is 5.16. The van der Waals surface area contributed by atoms with Crippen molar-refractivity contribution >= 4 is 17.0 Å². The van der Waals surface area contributed by atoms with E-state index in [1.807, 2.05) is 0 Å². The Morgan fingerprint density at radius 2 is 2.18 bits per heavy atom. The Labute approximate surface area is 96.7 Å². The molecule has 2 aromatic rings. The van der Waals surface area contributed by atoms with Crippen molar-refractivity contribution in [2.75, 3.05) is 6.61 Å². The van der Waals surface area contributed by atoms with Crippen LogP contribution in [0.4, 0.5) is 0 Å². The number of rotatable bonds is 2. The number of pyridine rings is 1. The van der Waals surface area contributed by atoms with Crippen molar-refractivity contribution in [3.8, 4) is 0 Å². The first kappa shape index (κ1) is 11.3. The van der Waals surface area contributed by atoms with Gasteiger partial charge in [-0.1, -0.05) is 0 Å². The van der Waals surface area contributed by atoms with Gasteiger partial charge in [0.05, 0.1) is 12.0 Å². The van der Waals surface area contributed by atoms with Crippen LogP contribution in [0.25, 0.3) is 11.0 Å². The van der Waals surface area contributed by atoms with Gasteiger partial charge in [0.15, 0.2) is 5.65 Å². The zero-order valence-electron chi connectivity index (χ0n) is 9.48. The van der Waals surface area contributed by atoms with Gasteiger partial charge < -0.3 is 9.72 Å². The standard InChI is InChI=1S/C11H11N3O3/c1-3-17-11(16)9-13-8-7(10(15)14-9)5-4-6(2)12-8/h4-5H,3H2,1-2H3,(H,12,13,14,15). The molecule has 0 amide bonds. The third-order valence-corrected chi connectivity index (χ3v) is 2.18. The van der Waals surface area contributed by atoms with Crippen molar-refractivity contribution in [3.63, 3.8) is 0 Å². The first-order chi connectivity index (χ1) is 8.11. The molecule has 0 saturated heterocycles. The van der Waals surface area contributed by atoms with E-state index >= 15 is 0 Å². The fraction of sp³-hybridized carbons (Fsp3) is 0.273. The average Bonchev–Trinajstić information content (AvgIpc) is 2.28. The van der Waals surface area contributed by atoms with Crippen LogP contribution < -0.4 is 5.56 Å². The Bertz CT molecular complexity index is 633. The molecule has 2 rings (SSSR count). The lowest BCUT2D eigenvalue weighted by Crippen LogP contribution is -2.18. The fourth-order valence-electron chi connectivity index (χ4n) is 1.41. The fourth-order valence-corrected chi connectivity index (χ4v) is 1.41. The predicted octanol–water partition coefficient (Wildman–Crippen LogP) is 0.803. The maximum absolute atomic E-state index is 11.7. The van der Waals surface area contributed by atoms with Gasteiger partial charge in [0.2, 0.25) is 5.82 Å². The molecule has 2 aromatic heterocycles. The van der Waals surface area contributed by atoms with E-state index in [0.29, 0.717) is 5.39 Å². The SMILES string of the molecule is CCOC(=O)c1nc2nc(C)ccc2c(=O)[nH]1. The van der Waals surface area contributed by atoms with Gasteiger partial charge in [-0.3, -0.25) is 4.79 Å². The molecule has 0 aromatic carbocycles. The lowest BCUT2D eigenvalue weighted by atomic mass is 10.3. The van der Waals surface area contributed by atoms with Crippen molar-refractivity contribution in [3.05, 3.63) is 34.0 Å². The molecule has 0 aliphatic heterocycles. The minimum atomic E-state index is -0.658. The van der Waals surface area contributed by atoms with Crippen molar-refractivity contribution in [1.82, 2.24) is 15.0 Å². The van der Waals surface area contributed by atoms with Gasteiger partial charge in [0, 0.05) is 5.69 Å². The number of carbonyl (C=O) groups excluding carboxylic acids is 1. The summed E-state index contributed by atoms with van der Waals surface area (Å²) in [4.78, 5) is 33.6. The van der Waals surface area contributed by atoms with Crippen LogP contribution in [-0.4, -0.2) is 27.5 Å². The van der Waals surface area contributed by atoms with Crippen molar-refractivity contribution in [2.45, 2.75) is 13.8 Å². The van der Waals surface area contributed by atoms with Gasteiger partial charge in [-0.15, -0.1) is 0 Å². The van der Waals surface area contributed by atoms with Crippen LogP contribution >= 0.6 is 0 Å². The van der Waals surface area contributed by atoms with Gasteiger partial charge in [-0.05, 0) is 26.0 Å². The van der Waals surface area contributed by atoms with Crippen molar-refractivity contribution in [2.24, 2.45) is 0 Å². The van der Waals surface area contributed by atoms with E-state index in [2.05, 4.69) is 15.0 Å². The molecule has 0 aliphatic carbocycles. The second-order valence-electron chi connectivity index (χ2n) is 3.46. The summed E-state index contributed by atoms with van der Waals surface area (Å²) in [5, 5.41) is 0.351. The molecule has 0 saturated carbocycles. The highest BCUT2D eigenvalue weighted by atomic mass is 16.5. The minimum absolute atomic E-state index is 0.123. The number of esters is 1. The van der Waals surface area contributed by atoms with Gasteiger partial charge in [0.1, 0.15) is 0 Å². The van der Waals surface area contributed by atoms with Gasteiger partial charge in [0.25, 0.3) is 5.56 Å². The Morgan fingerprint density at radius 1 is 1.41 bits per heavy atom. The summed E-state index contributed by atoms with van der Waals surface area (Å²) >= 11 is 0. The third-order valence-electron chi connectivity index (χ3n) is 2.18. The molecule has 0 bridgehead atoms. The average molecular weight is 233 g/mol. The molecule has 0 atom stereocenters. The predicted molar refractivity (Wildman–Crippen MR) is 60.9 cm³/mol. The van der Waals surface area contributed by atoms with Gasteiger partial charge in [-0.25, -0.2) is 14.8 Å². The number of hydrogen-bond acceptors (Lipinski definition) is 5. The molecule has 0 fully saturated rings. The number of fused-ring (bicyclic) bond motifs is 1. The van der Waals surface area contributed by atoms with E-state index in [-0.39, 0.29) is 18.1 Å². The van der Waals surface area contributed by atoms with Crippen LogP contribution in [0.3, 0.4) is 0 Å². The molecule has 0 spiro atoms. The van der Waals surface area contributed by atoms with Crippen LogP contribution in [0, 0.1) is 6.92 Å². The number of nitrogens with one attached hydrogen (secondary N) is 1. The number of H-pyrrole nitrogens is 1. The van der Waals surface area contributed by atoms with Crippen molar-refractivity contribution < 1.29 is 9.53 Å². The molecule has 0 unspecified atom stereocenters. The quantitative estimate of drug-likeness (QED) is 0.775. The summed E-state index contributed by atoms with van der Waals surface area (Å²) in [6.07, 6.45) is 0. The number of ether oxygens (including phenoxy) is 1. The first-order valence-corrected chi connectivity index (χ1v) is 5.16. The molecule has 1 N–H and O–H groups in total. The second kappa shape index (κ2) is 4.32. The highest BCUT2D eigenvalue weighted by Gasteiger charge is 2.12. The van der Waals surface area contributed by atoms with Gasteiger partial charge >= 0.3 is 5.97 Å². The van der Waals surface area contributed by atoms with E-state index in [1.54, 1.807) is 26.0 Å². The van der Waals surface area contributed by atoms with Crippen LogP contribution in [0.1, 0.15) is 23.2 Å². The maximum atomic E-state index is 11.7. The number of aromatic amines is 1. The van der Waals surface area contributed by atoms with E-state index in [0.717, 1.165) is 5.69 Å². The number of aromatic nitrogens is 3. The van der Waals surface area contributed by atoms with E-state index in [4.69, 9.17) is 4.74 Å². The lowest BCUT2D eigenvalue weighted by molar-refractivity contribution is 0.0512. The summed E-state index contributed by atoms with van der Waals surface area (Å²) in [6, 6.07) is 3.34. The van der Waals surface area contributed by atoms with Crippen LogP contribution in [0.5, 0.6) is 0 Å². The molecule has 88 valence electrons. The Balaban J connectivity index is 2.61. The van der Waals surface area contributed by atoms with Crippen LogP contribution in [-0.2, 0) is 4.74 Å². The number of carbonyl (C=O) groups is 1. The summed E-state index contributed by atoms with van der Waals surface area (Å²) in [7, 11) is 0. The highest BCUT2D eigenvalue weighted by molar-refractivity contribution is 5.87. The minimum Gasteiger partial charge on any atom is -0.460 e. The lowest BCUT2D eigenvalue weighted by Gasteiger charge is -2.02. The summed E-state index contributed by atoms with van der Waals surface area (Å²) < 4.78 is 4.76. The van der Waals surface area contributed by atoms with E-state index in [9.17, 15) is 9.59 Å².